The number of benzene rings is 1. The van der Waals surface area contributed by atoms with E-state index in [1.54, 1.807) is 45.0 Å². The molecule has 6 rings (SSSR count). The Balaban J connectivity index is 1.07. The number of carbonyl (C=O) groups excluding carboxylic acids is 7. The van der Waals surface area contributed by atoms with Crippen LogP contribution in [-0.4, -0.2) is 119 Å². The van der Waals surface area contributed by atoms with Crippen LogP contribution in [0.2, 0.25) is 0 Å². The van der Waals surface area contributed by atoms with Crippen LogP contribution in [0.1, 0.15) is 98.0 Å². The lowest BCUT2D eigenvalue weighted by Gasteiger charge is -2.63. The summed E-state index contributed by atoms with van der Waals surface area (Å²) in [5.74, 6) is -5.42. The van der Waals surface area contributed by atoms with E-state index in [1.165, 1.54) is 19.1 Å². The molecule has 1 aliphatic heterocycles. The number of allylic oxidation sites excluding steroid dienone is 4. The number of nitrogens with two attached hydrogens (primary N) is 1. The number of urea groups is 1. The lowest BCUT2D eigenvalue weighted by Crippen LogP contribution is -2.71. The summed E-state index contributed by atoms with van der Waals surface area (Å²) < 4.78 is 57.7. The number of hydrogen-bond donors (Lipinski definition) is 7. The molecule has 20 heteroatoms. The molecule has 4 aliphatic carbocycles. The summed E-state index contributed by atoms with van der Waals surface area (Å²) in [6.45, 7) is 7.03. The first-order chi connectivity index (χ1) is 32.1. The zero-order valence-corrected chi connectivity index (χ0v) is 39.1. The number of unbranched alkanes of at least 4 members (excludes halogenated alkanes) is 1. The summed E-state index contributed by atoms with van der Waals surface area (Å²) in [6, 6.07) is 2.89. The molecular weight excluding hydrogens is 893 g/mol. The van der Waals surface area contributed by atoms with Crippen LogP contribution >= 0.6 is 0 Å². The van der Waals surface area contributed by atoms with E-state index in [0.717, 1.165) is 6.08 Å². The summed E-state index contributed by atoms with van der Waals surface area (Å²) in [5.41, 5.74) is -1.20. The van der Waals surface area contributed by atoms with E-state index in [0.29, 0.717) is 43.5 Å². The Bertz CT molecular complexity index is 2160. The summed E-state index contributed by atoms with van der Waals surface area (Å²) in [7, 11) is 0. The Morgan fingerprint density at radius 1 is 1.00 bits per heavy atom. The number of aliphatic hydroxyl groups excluding tert-OH is 2. The van der Waals surface area contributed by atoms with E-state index in [2.05, 4.69) is 21.3 Å². The van der Waals surface area contributed by atoms with E-state index >= 15 is 8.78 Å². The Labute approximate surface area is 393 Å². The zero-order chi connectivity index (χ0) is 49.8. The van der Waals surface area contributed by atoms with Gasteiger partial charge in [-0.05, 0) is 99.1 Å². The molecule has 0 aromatic heterocycles. The van der Waals surface area contributed by atoms with Gasteiger partial charge in [0.15, 0.2) is 29.9 Å². The highest BCUT2D eigenvalue weighted by atomic mass is 19.1. The number of ketones is 2. The van der Waals surface area contributed by atoms with Crippen molar-refractivity contribution in [2.24, 2.45) is 34.3 Å². The maximum Gasteiger partial charge on any atom is 0.408 e. The number of rotatable bonds is 20. The third-order valence-corrected chi connectivity index (χ3v) is 14.5. The summed E-state index contributed by atoms with van der Waals surface area (Å²) in [4.78, 5) is 90.0. The minimum atomic E-state index is -2.41. The maximum absolute atomic E-state index is 17.9. The number of nitrogens with one attached hydrogen (secondary N) is 4. The van der Waals surface area contributed by atoms with Gasteiger partial charge < -0.3 is 56.2 Å². The Hall–Kier alpha value is -5.31. The van der Waals surface area contributed by atoms with E-state index in [9.17, 15) is 43.8 Å². The average molecular weight is 958 g/mol. The topological polar surface area (TPSA) is 271 Å². The average Bonchev–Trinajstić information content (AvgIpc) is 3.76. The molecule has 4 fully saturated rings. The zero-order valence-electron chi connectivity index (χ0n) is 39.1. The van der Waals surface area contributed by atoms with Crippen LogP contribution < -0.4 is 27.0 Å². The Morgan fingerprint density at radius 2 is 1.72 bits per heavy atom. The predicted molar refractivity (Wildman–Crippen MR) is 239 cm³/mol. The lowest BCUT2D eigenvalue weighted by atomic mass is 9.44. The first-order valence-corrected chi connectivity index (χ1v) is 23.4. The molecule has 0 bridgehead atoms. The van der Waals surface area contributed by atoms with Crippen molar-refractivity contribution in [3.05, 3.63) is 53.6 Å². The van der Waals surface area contributed by atoms with Crippen LogP contribution in [0, 0.1) is 28.6 Å². The van der Waals surface area contributed by atoms with Gasteiger partial charge in [-0.15, -0.1) is 0 Å². The number of Topliss-reactive ketones (excluding diaryl/α,β-unsaturated/α-hetero) is 1. The summed E-state index contributed by atoms with van der Waals surface area (Å²) in [6.07, 6.45) is -0.839. The molecule has 18 nitrogen and oxygen atoms in total. The van der Waals surface area contributed by atoms with Crippen molar-refractivity contribution in [2.45, 2.75) is 147 Å². The number of hydrogen-bond acceptors (Lipinski definition) is 13. The number of fused-ring (bicyclic) bond motifs is 7. The molecular formula is C48H65F2N5O13. The monoisotopic (exact) mass is 957 g/mol. The van der Waals surface area contributed by atoms with Gasteiger partial charge in [-0.2, -0.15) is 0 Å². The molecule has 0 radical (unpaired) electrons. The first-order valence-electron chi connectivity index (χ1n) is 23.4. The van der Waals surface area contributed by atoms with Crippen LogP contribution in [0.5, 0.6) is 0 Å². The molecule has 374 valence electrons. The van der Waals surface area contributed by atoms with Crippen LogP contribution in [0.15, 0.2) is 48.1 Å². The molecule has 0 spiro atoms. The van der Waals surface area contributed by atoms with Crippen molar-refractivity contribution in [2.75, 3.05) is 25.1 Å². The second kappa shape index (κ2) is 21.1. The minimum Gasteiger partial charge on any atom is -0.456 e. The van der Waals surface area contributed by atoms with Gasteiger partial charge in [0.05, 0.1) is 18.8 Å². The normalized spacial score (nSPS) is 32.0. The molecule has 1 aromatic carbocycles. The molecule has 8 N–H and O–H groups in total. The van der Waals surface area contributed by atoms with Crippen LogP contribution in [0.25, 0.3) is 0 Å². The molecule has 2 unspecified atom stereocenters. The maximum atomic E-state index is 17.9. The van der Waals surface area contributed by atoms with Gasteiger partial charge in [0, 0.05) is 35.4 Å². The molecule has 5 aliphatic rings. The van der Waals surface area contributed by atoms with E-state index in [-0.39, 0.29) is 56.1 Å². The highest BCUT2D eigenvalue weighted by Gasteiger charge is 2.80. The number of ether oxygens (including phenoxy) is 4. The van der Waals surface area contributed by atoms with Gasteiger partial charge in [-0.3, -0.25) is 19.2 Å². The fourth-order valence-corrected chi connectivity index (χ4v) is 11.2. The molecule has 1 aromatic rings. The number of alkyl carbamates (subject to hydrolysis) is 1. The summed E-state index contributed by atoms with van der Waals surface area (Å²) in [5, 5.41) is 32.0. The van der Waals surface area contributed by atoms with Gasteiger partial charge in [-0.25, -0.2) is 23.2 Å². The Kier molecular flexibility index (Phi) is 16.2. The summed E-state index contributed by atoms with van der Waals surface area (Å²) >= 11 is 0. The van der Waals surface area contributed by atoms with Crippen LogP contribution in [-0.2, 0) is 49.5 Å². The first kappa shape index (κ1) is 52.1. The van der Waals surface area contributed by atoms with Gasteiger partial charge >= 0.3 is 18.1 Å². The third kappa shape index (κ3) is 10.2. The molecule has 1 saturated heterocycles. The molecule has 5 amide bonds. The number of esters is 1. The molecule has 12 atom stereocenters. The molecule has 68 heavy (non-hydrogen) atoms. The number of anilines is 1. The fourth-order valence-electron chi connectivity index (χ4n) is 11.2. The largest absolute Gasteiger partial charge is 0.456 e. The van der Waals surface area contributed by atoms with Crippen molar-refractivity contribution < 1.29 is 71.5 Å². The molecule has 3 saturated carbocycles. The van der Waals surface area contributed by atoms with Crippen molar-refractivity contribution in [1.29, 1.82) is 0 Å². The third-order valence-electron chi connectivity index (χ3n) is 14.5. The van der Waals surface area contributed by atoms with Gasteiger partial charge in [-0.1, -0.05) is 52.3 Å². The van der Waals surface area contributed by atoms with Gasteiger partial charge in [0.25, 0.3) is 0 Å². The number of aliphatic hydroxyl groups is 2. The van der Waals surface area contributed by atoms with Crippen molar-refractivity contribution in [3.8, 4) is 0 Å². The van der Waals surface area contributed by atoms with Gasteiger partial charge in [0.1, 0.15) is 24.9 Å². The van der Waals surface area contributed by atoms with Crippen molar-refractivity contribution in [3.63, 3.8) is 0 Å². The molecule has 1 heterocycles. The SMILES string of the molecule is CCCC1O[C@@H]2CC3[C@@H]4C[C@H](F)C5=CC(=O)C=C[C@]5(C)[C@@]4(F)[C@@H](O)C[C@]3(C)[C@]2(C(=O)COC(=O)[C@H](CC(C)C)NC(=O)[C@H](CO)NC(=O)OCc2ccc(NC(=O)CCCCNC(N)=O)cc2)O1. The number of alkyl halides is 2. The Morgan fingerprint density at radius 3 is 2.38 bits per heavy atom. The highest BCUT2D eigenvalue weighted by Crippen LogP contribution is 2.72. The highest BCUT2D eigenvalue weighted by molar-refractivity contribution is 6.01. The van der Waals surface area contributed by atoms with Crippen molar-refractivity contribution >= 4 is 47.2 Å². The number of primary amides is 1. The second-order valence-electron chi connectivity index (χ2n) is 19.5. The fraction of sp³-hybridized carbons (Fsp3) is 0.646. The quantitative estimate of drug-likeness (QED) is 0.0723. The number of halogens is 2. The van der Waals surface area contributed by atoms with E-state index < -0.39 is 119 Å². The van der Waals surface area contributed by atoms with E-state index in [1.807, 2.05) is 6.92 Å². The predicted octanol–water partition coefficient (Wildman–Crippen LogP) is 3.90. The lowest BCUT2D eigenvalue weighted by molar-refractivity contribution is -0.235. The van der Waals surface area contributed by atoms with E-state index in [4.69, 9.17) is 24.7 Å². The number of carbonyl (C=O) groups is 7. The van der Waals surface area contributed by atoms with Crippen LogP contribution in [0.3, 0.4) is 0 Å². The minimum absolute atomic E-state index is 0.0318. The van der Waals surface area contributed by atoms with Crippen molar-refractivity contribution in [1.82, 2.24) is 16.0 Å². The smallest absolute Gasteiger partial charge is 0.408 e. The van der Waals surface area contributed by atoms with Crippen LogP contribution in [0.4, 0.5) is 24.1 Å². The second-order valence-corrected chi connectivity index (χ2v) is 19.5. The standard InChI is InChI=1S/C48H65F2N5O13/c1-6-9-40-67-38-21-30-31-20-33(49)32-19-29(57)15-16-45(32,4)47(31,50)36(58)22-46(30,5)48(38,68-40)37(59)25-65-42(62)34(18-26(2)3)54-41(61)35(23-56)55-44(64)66-24-27-11-13-28(14-12-27)53-39(60)10-7-8-17-52-43(51)63/h11-16,19,26,30-31,33-36,38,40,56,58H,6-10,17-18,20-25H2,1-5H3,(H,53,60)(H,54,61)(H,55,64)(H3,51,52,63)/t30?,31-,33-,34-,35-,36-,38+,40?,45-,46-,47-,48+/m0/s1. The van der Waals surface area contributed by atoms with Gasteiger partial charge in [0.2, 0.25) is 17.6 Å². The number of amides is 5.